The summed E-state index contributed by atoms with van der Waals surface area (Å²) >= 11 is 7.68. The maximum atomic E-state index is 13.2. The van der Waals surface area contributed by atoms with Crippen LogP contribution in [0.1, 0.15) is 35.7 Å². The highest BCUT2D eigenvalue weighted by Crippen LogP contribution is 2.34. The van der Waals surface area contributed by atoms with Gasteiger partial charge in [0.15, 0.2) is 10.9 Å². The largest absolute Gasteiger partial charge is 0.460 e. The van der Waals surface area contributed by atoms with Crippen LogP contribution < -0.4 is 10.1 Å². The number of aryl methyl sites for hydroxylation is 1. The zero-order valence-corrected chi connectivity index (χ0v) is 17.8. The topological polar surface area (TPSA) is 60.5 Å². The van der Waals surface area contributed by atoms with Crippen LogP contribution in [0.5, 0.6) is 5.75 Å². The predicted octanol–water partition coefficient (Wildman–Crippen LogP) is 5.97. The van der Waals surface area contributed by atoms with Gasteiger partial charge in [-0.3, -0.25) is 4.79 Å². The molecule has 29 heavy (non-hydrogen) atoms. The normalized spacial score (nSPS) is 17.4. The quantitative estimate of drug-likeness (QED) is 0.387. The lowest BCUT2D eigenvalue weighted by atomic mass is 9.98. The molecule has 1 atom stereocenters. The number of ether oxygens (including phenoxy) is 2. The highest BCUT2D eigenvalue weighted by molar-refractivity contribution is 7.22. The minimum absolute atomic E-state index is 0.108. The third-order valence-electron chi connectivity index (χ3n) is 4.62. The number of ketones is 1. The van der Waals surface area contributed by atoms with Crippen LogP contribution in [0.4, 0.5) is 5.13 Å². The van der Waals surface area contributed by atoms with Crippen molar-refractivity contribution in [3.8, 4) is 5.75 Å². The van der Waals surface area contributed by atoms with E-state index in [0.717, 1.165) is 28.6 Å². The van der Waals surface area contributed by atoms with Crippen molar-refractivity contribution in [1.82, 2.24) is 4.98 Å². The molecule has 1 aliphatic heterocycles. The highest BCUT2D eigenvalue weighted by Gasteiger charge is 2.32. The van der Waals surface area contributed by atoms with Crippen molar-refractivity contribution in [1.29, 1.82) is 0 Å². The van der Waals surface area contributed by atoms with Gasteiger partial charge in [0.1, 0.15) is 11.3 Å². The van der Waals surface area contributed by atoms with Gasteiger partial charge in [0.2, 0.25) is 6.29 Å². The van der Waals surface area contributed by atoms with Gasteiger partial charge in [-0.2, -0.15) is 0 Å². The predicted molar refractivity (Wildman–Crippen MR) is 117 cm³/mol. The van der Waals surface area contributed by atoms with Crippen LogP contribution in [0, 0.1) is 6.92 Å². The molecule has 1 aromatic heterocycles. The molecule has 0 amide bonds. The molecule has 1 aliphatic rings. The number of nitrogens with zero attached hydrogens (tertiary/aromatic N) is 1. The summed E-state index contributed by atoms with van der Waals surface area (Å²) in [5.74, 6) is 0.439. The van der Waals surface area contributed by atoms with Gasteiger partial charge in [0, 0.05) is 6.20 Å². The summed E-state index contributed by atoms with van der Waals surface area (Å²) in [4.78, 5) is 17.7. The molecule has 2 heterocycles. The van der Waals surface area contributed by atoms with E-state index in [0.29, 0.717) is 33.6 Å². The fourth-order valence-corrected chi connectivity index (χ4v) is 4.21. The number of hydrogen-bond acceptors (Lipinski definition) is 6. The minimum Gasteiger partial charge on any atom is -0.460 e. The van der Waals surface area contributed by atoms with Crippen molar-refractivity contribution in [2.24, 2.45) is 0 Å². The Morgan fingerprint density at radius 2 is 2.21 bits per heavy atom. The van der Waals surface area contributed by atoms with Crippen molar-refractivity contribution in [2.75, 3.05) is 11.9 Å². The van der Waals surface area contributed by atoms with Gasteiger partial charge in [-0.1, -0.05) is 54.0 Å². The summed E-state index contributed by atoms with van der Waals surface area (Å²) in [5, 5.41) is 4.38. The van der Waals surface area contributed by atoms with Gasteiger partial charge in [-0.05, 0) is 37.6 Å². The Bertz CT molecular complexity index is 1090. The lowest BCUT2D eigenvalue weighted by Gasteiger charge is -2.27. The number of carbonyl (C=O) groups is 1. The smallest absolute Gasteiger partial charge is 0.232 e. The van der Waals surface area contributed by atoms with Crippen LogP contribution in [-0.4, -0.2) is 23.7 Å². The number of carbonyl (C=O) groups excluding carboxylic acids is 1. The maximum absolute atomic E-state index is 13.2. The van der Waals surface area contributed by atoms with Crippen LogP contribution >= 0.6 is 22.9 Å². The lowest BCUT2D eigenvalue weighted by molar-refractivity contribution is -0.0570. The van der Waals surface area contributed by atoms with E-state index in [1.54, 1.807) is 12.3 Å². The Morgan fingerprint density at radius 3 is 3.00 bits per heavy atom. The second-order valence-electron chi connectivity index (χ2n) is 6.85. The molecule has 2 aromatic carbocycles. The molecule has 1 N–H and O–H groups in total. The number of anilines is 1. The zero-order valence-electron chi connectivity index (χ0n) is 16.2. The number of para-hydroxylation sites is 1. The van der Waals surface area contributed by atoms with Crippen molar-refractivity contribution in [2.45, 2.75) is 33.0 Å². The zero-order chi connectivity index (χ0) is 20.4. The second kappa shape index (κ2) is 8.53. The van der Waals surface area contributed by atoms with E-state index in [4.69, 9.17) is 21.1 Å². The van der Waals surface area contributed by atoms with E-state index < -0.39 is 6.29 Å². The molecule has 0 fully saturated rings. The molecule has 0 radical (unpaired) electrons. The van der Waals surface area contributed by atoms with Crippen molar-refractivity contribution in [3.63, 3.8) is 0 Å². The fourth-order valence-electron chi connectivity index (χ4n) is 3.07. The Kier molecular flexibility index (Phi) is 5.85. The third-order valence-corrected chi connectivity index (χ3v) is 5.87. The first-order chi connectivity index (χ1) is 14.1. The van der Waals surface area contributed by atoms with Crippen molar-refractivity contribution in [3.05, 3.63) is 64.3 Å². The number of thiazole rings is 1. The highest BCUT2D eigenvalue weighted by atomic mass is 35.5. The summed E-state index contributed by atoms with van der Waals surface area (Å²) < 4.78 is 12.8. The van der Waals surface area contributed by atoms with E-state index in [1.807, 2.05) is 37.3 Å². The Hall–Kier alpha value is -2.41. The standard InChI is InChI=1S/C22H21ClN2O3S/c1-3-4-10-27-21-15(20(26)14-11-13(2)8-9-17(14)28-21)12-24-22-25-19-16(23)6-5-7-18(19)29-22/h5-9,11-12,21H,3-4,10H2,1-2H3,(H,24,25)/b15-12-. The average Bonchev–Trinajstić information content (AvgIpc) is 3.13. The van der Waals surface area contributed by atoms with Gasteiger partial charge in [0.05, 0.1) is 27.5 Å². The molecule has 1 unspecified atom stereocenters. The van der Waals surface area contributed by atoms with Gasteiger partial charge >= 0.3 is 0 Å². The van der Waals surface area contributed by atoms with Gasteiger partial charge in [-0.15, -0.1) is 0 Å². The SMILES string of the molecule is CCCCOC1Oc2ccc(C)cc2C(=O)/C1=C/Nc1nc2c(Cl)cccc2s1. The molecule has 4 rings (SSSR count). The minimum atomic E-state index is -0.755. The molecular formula is C22H21ClN2O3S. The number of aromatic nitrogens is 1. The molecule has 150 valence electrons. The molecule has 7 heteroatoms. The first-order valence-corrected chi connectivity index (χ1v) is 10.7. The lowest BCUT2D eigenvalue weighted by Crippen LogP contribution is -2.33. The average molecular weight is 429 g/mol. The van der Waals surface area contributed by atoms with Crippen LogP contribution in [0.2, 0.25) is 5.02 Å². The van der Waals surface area contributed by atoms with E-state index in [2.05, 4.69) is 17.2 Å². The Morgan fingerprint density at radius 1 is 1.34 bits per heavy atom. The first-order valence-electron chi connectivity index (χ1n) is 9.52. The summed E-state index contributed by atoms with van der Waals surface area (Å²) in [6.45, 7) is 4.55. The van der Waals surface area contributed by atoms with Crippen LogP contribution in [0.25, 0.3) is 10.2 Å². The molecule has 3 aromatic rings. The van der Waals surface area contributed by atoms with Crippen molar-refractivity contribution >= 4 is 44.1 Å². The van der Waals surface area contributed by atoms with Gasteiger partial charge in [-0.25, -0.2) is 4.98 Å². The molecule has 0 saturated carbocycles. The number of halogens is 1. The Labute approximate surface area is 178 Å². The maximum Gasteiger partial charge on any atom is 0.232 e. The molecule has 0 saturated heterocycles. The molecule has 0 aliphatic carbocycles. The van der Waals surface area contributed by atoms with Crippen molar-refractivity contribution < 1.29 is 14.3 Å². The number of rotatable bonds is 6. The molecule has 0 spiro atoms. The monoisotopic (exact) mass is 428 g/mol. The molecule has 5 nitrogen and oxygen atoms in total. The van der Waals surface area contributed by atoms with E-state index in [1.165, 1.54) is 11.3 Å². The molecule has 0 bridgehead atoms. The summed E-state index contributed by atoms with van der Waals surface area (Å²) in [6, 6.07) is 11.2. The van der Waals surface area contributed by atoms with Crippen LogP contribution in [0.15, 0.2) is 48.2 Å². The van der Waals surface area contributed by atoms with Crippen LogP contribution in [-0.2, 0) is 4.74 Å². The van der Waals surface area contributed by atoms with E-state index in [9.17, 15) is 4.79 Å². The number of Topliss-reactive ketones (excluding diaryl/α,β-unsaturated/α-hetero) is 1. The summed E-state index contributed by atoms with van der Waals surface area (Å²) in [5.41, 5.74) is 2.70. The second-order valence-corrected chi connectivity index (χ2v) is 8.29. The Balaban J connectivity index is 1.64. The summed E-state index contributed by atoms with van der Waals surface area (Å²) in [7, 11) is 0. The number of nitrogens with one attached hydrogen (secondary N) is 1. The number of unbranched alkanes of at least 4 members (excludes halogenated alkanes) is 1. The number of benzene rings is 2. The van der Waals surface area contributed by atoms with E-state index >= 15 is 0 Å². The molecular weight excluding hydrogens is 408 g/mol. The number of fused-ring (bicyclic) bond motifs is 2. The van der Waals surface area contributed by atoms with E-state index in [-0.39, 0.29) is 5.78 Å². The summed E-state index contributed by atoms with van der Waals surface area (Å²) in [6.07, 6.45) is 2.77. The fraction of sp³-hybridized carbons (Fsp3) is 0.273. The third kappa shape index (κ3) is 4.15. The van der Waals surface area contributed by atoms with Crippen LogP contribution in [0.3, 0.4) is 0 Å². The number of hydrogen-bond donors (Lipinski definition) is 1. The van der Waals surface area contributed by atoms with Gasteiger partial charge in [0.25, 0.3) is 0 Å². The van der Waals surface area contributed by atoms with Gasteiger partial charge < -0.3 is 14.8 Å². The first kappa shape index (κ1) is 19.9.